The van der Waals surface area contributed by atoms with Crippen LogP contribution in [0.5, 0.6) is 0 Å². The summed E-state index contributed by atoms with van der Waals surface area (Å²) in [4.78, 5) is 11.9. The molecule has 0 unspecified atom stereocenters. The number of furan rings is 1. The summed E-state index contributed by atoms with van der Waals surface area (Å²) in [6.07, 6.45) is 2.92. The lowest BCUT2D eigenvalue weighted by Gasteiger charge is -1.99. The molecule has 15 heavy (non-hydrogen) atoms. The highest BCUT2D eigenvalue weighted by Gasteiger charge is 2.16. The second kappa shape index (κ2) is 3.68. The number of carbonyl (C=O) groups excluding carboxylic acids is 1. The van der Waals surface area contributed by atoms with E-state index in [0.717, 1.165) is 0 Å². The van der Waals surface area contributed by atoms with Crippen molar-refractivity contribution in [2.75, 3.05) is 0 Å². The van der Waals surface area contributed by atoms with Gasteiger partial charge in [-0.25, -0.2) is 4.68 Å². The summed E-state index contributed by atoms with van der Waals surface area (Å²) in [5, 5.41) is 7.51. The zero-order valence-electron chi connectivity index (χ0n) is 8.60. The van der Waals surface area contributed by atoms with Crippen molar-refractivity contribution in [2.24, 2.45) is 0 Å². The van der Waals surface area contributed by atoms with Gasteiger partial charge in [-0.15, -0.1) is 5.10 Å². The van der Waals surface area contributed by atoms with Crippen molar-refractivity contribution in [3.63, 3.8) is 0 Å². The topological polar surface area (TPSA) is 60.9 Å². The van der Waals surface area contributed by atoms with Crippen LogP contribution in [0.15, 0.2) is 22.9 Å². The molecular formula is C10H11N3O2. The Bertz CT molecular complexity index is 484. The third-order valence-electron chi connectivity index (χ3n) is 2.14. The van der Waals surface area contributed by atoms with E-state index in [1.54, 1.807) is 17.7 Å². The van der Waals surface area contributed by atoms with Crippen LogP contribution in [0.3, 0.4) is 0 Å². The molecule has 0 amide bonds. The van der Waals surface area contributed by atoms with Crippen molar-refractivity contribution < 1.29 is 9.21 Å². The molecule has 0 N–H and O–H groups in total. The maximum absolute atomic E-state index is 11.9. The van der Waals surface area contributed by atoms with Gasteiger partial charge in [-0.3, -0.25) is 4.79 Å². The predicted octanol–water partition coefficient (Wildman–Crippen LogP) is 1.43. The molecule has 0 spiro atoms. The molecule has 2 aromatic rings. The smallest absolute Gasteiger partial charge is 0.215 e. The van der Waals surface area contributed by atoms with Crippen LogP contribution in [-0.2, 0) is 6.54 Å². The number of hydrogen-bond donors (Lipinski definition) is 0. The normalized spacial score (nSPS) is 10.5. The minimum Gasteiger partial charge on any atom is -0.469 e. The number of rotatable bonds is 3. The Labute approximate surface area is 86.7 Å². The van der Waals surface area contributed by atoms with Gasteiger partial charge in [-0.2, -0.15) is 0 Å². The van der Waals surface area contributed by atoms with E-state index in [1.807, 2.05) is 6.92 Å². The Morgan fingerprint density at radius 1 is 1.60 bits per heavy atom. The highest BCUT2D eigenvalue weighted by Crippen LogP contribution is 2.11. The highest BCUT2D eigenvalue weighted by atomic mass is 16.3. The monoisotopic (exact) mass is 205 g/mol. The number of nitrogens with zero attached hydrogens (tertiary/aromatic N) is 3. The summed E-state index contributed by atoms with van der Waals surface area (Å²) in [6.45, 7) is 4.33. The molecule has 5 heteroatoms. The zero-order chi connectivity index (χ0) is 10.8. The molecular weight excluding hydrogens is 194 g/mol. The van der Waals surface area contributed by atoms with Crippen molar-refractivity contribution in [2.45, 2.75) is 20.4 Å². The molecule has 0 aliphatic heterocycles. The average Bonchev–Trinajstić information content (AvgIpc) is 2.84. The third kappa shape index (κ3) is 1.68. The summed E-state index contributed by atoms with van der Waals surface area (Å²) in [7, 11) is 0. The largest absolute Gasteiger partial charge is 0.469 e. The van der Waals surface area contributed by atoms with E-state index in [9.17, 15) is 4.79 Å². The molecule has 2 heterocycles. The van der Waals surface area contributed by atoms with Gasteiger partial charge in [0.25, 0.3) is 0 Å². The number of aromatic nitrogens is 3. The van der Waals surface area contributed by atoms with E-state index in [1.165, 1.54) is 12.5 Å². The Morgan fingerprint density at radius 2 is 2.40 bits per heavy atom. The highest BCUT2D eigenvalue weighted by molar-refractivity contribution is 6.07. The lowest BCUT2D eigenvalue weighted by molar-refractivity contribution is 0.102. The van der Waals surface area contributed by atoms with E-state index >= 15 is 0 Å². The third-order valence-corrected chi connectivity index (χ3v) is 2.14. The molecule has 5 nitrogen and oxygen atoms in total. The summed E-state index contributed by atoms with van der Waals surface area (Å²) < 4.78 is 6.65. The van der Waals surface area contributed by atoms with Crippen LogP contribution in [0.4, 0.5) is 0 Å². The van der Waals surface area contributed by atoms with Crippen molar-refractivity contribution in [1.82, 2.24) is 15.0 Å². The van der Waals surface area contributed by atoms with Gasteiger partial charge in [0.15, 0.2) is 0 Å². The lowest BCUT2D eigenvalue weighted by atomic mass is 10.1. The van der Waals surface area contributed by atoms with Gasteiger partial charge in [0, 0.05) is 6.54 Å². The molecule has 0 aliphatic carbocycles. The number of hydrogen-bond acceptors (Lipinski definition) is 4. The van der Waals surface area contributed by atoms with Crippen LogP contribution in [0, 0.1) is 6.92 Å². The zero-order valence-corrected chi connectivity index (χ0v) is 8.60. The van der Waals surface area contributed by atoms with Gasteiger partial charge in [-0.05, 0) is 19.9 Å². The van der Waals surface area contributed by atoms with Crippen LogP contribution in [0.2, 0.25) is 0 Å². The molecule has 0 aliphatic rings. The van der Waals surface area contributed by atoms with Crippen molar-refractivity contribution in [1.29, 1.82) is 0 Å². The van der Waals surface area contributed by atoms with E-state index < -0.39 is 0 Å². The second-order valence-corrected chi connectivity index (χ2v) is 3.21. The van der Waals surface area contributed by atoms with E-state index in [4.69, 9.17) is 4.42 Å². The number of ketones is 1. The van der Waals surface area contributed by atoms with Crippen LogP contribution in [0.1, 0.15) is 28.7 Å². The van der Waals surface area contributed by atoms with Crippen molar-refractivity contribution in [3.05, 3.63) is 35.5 Å². The van der Waals surface area contributed by atoms with Crippen LogP contribution in [-0.4, -0.2) is 20.8 Å². The molecule has 0 saturated heterocycles. The van der Waals surface area contributed by atoms with Crippen LogP contribution < -0.4 is 0 Å². The Balaban J connectivity index is 2.36. The molecule has 2 rings (SSSR count). The van der Waals surface area contributed by atoms with Gasteiger partial charge in [0.05, 0.1) is 11.8 Å². The first-order valence-electron chi connectivity index (χ1n) is 4.70. The van der Waals surface area contributed by atoms with E-state index in [-0.39, 0.29) is 5.78 Å². The maximum atomic E-state index is 11.9. The fraction of sp³-hybridized carbons (Fsp3) is 0.300. The van der Waals surface area contributed by atoms with Crippen LogP contribution in [0.25, 0.3) is 0 Å². The number of carbonyl (C=O) groups is 1. The maximum Gasteiger partial charge on any atom is 0.215 e. The first-order valence-corrected chi connectivity index (χ1v) is 4.70. The minimum absolute atomic E-state index is 0.112. The predicted molar refractivity (Wildman–Crippen MR) is 52.6 cm³/mol. The lowest BCUT2D eigenvalue weighted by Crippen LogP contribution is -2.09. The van der Waals surface area contributed by atoms with Gasteiger partial charge in [-0.1, -0.05) is 5.21 Å². The van der Waals surface area contributed by atoms with Gasteiger partial charge < -0.3 is 4.42 Å². The second-order valence-electron chi connectivity index (χ2n) is 3.21. The van der Waals surface area contributed by atoms with Crippen molar-refractivity contribution in [3.8, 4) is 0 Å². The summed E-state index contributed by atoms with van der Waals surface area (Å²) >= 11 is 0. The Morgan fingerprint density at radius 3 is 3.00 bits per heavy atom. The minimum atomic E-state index is -0.112. The fourth-order valence-electron chi connectivity index (χ4n) is 1.38. The van der Waals surface area contributed by atoms with E-state index in [2.05, 4.69) is 10.3 Å². The quantitative estimate of drug-likeness (QED) is 0.711. The summed E-state index contributed by atoms with van der Waals surface area (Å²) in [6, 6.07) is 1.70. The SMILES string of the molecule is CCn1nncc1C(=O)c1coc(C)c1. The Kier molecular flexibility index (Phi) is 2.37. The molecule has 2 aromatic heterocycles. The van der Waals surface area contributed by atoms with Crippen molar-refractivity contribution >= 4 is 5.78 Å². The van der Waals surface area contributed by atoms with Gasteiger partial charge in [0.2, 0.25) is 5.78 Å². The fourth-order valence-corrected chi connectivity index (χ4v) is 1.38. The molecule has 0 saturated carbocycles. The molecule has 0 bridgehead atoms. The standard InChI is InChI=1S/C10H11N3O2/c1-3-13-9(5-11-12-13)10(14)8-4-7(2)15-6-8/h4-6H,3H2,1-2H3. The van der Waals surface area contributed by atoms with Crippen LogP contribution >= 0.6 is 0 Å². The summed E-state index contributed by atoms with van der Waals surface area (Å²) in [5.74, 6) is 0.604. The molecule has 0 radical (unpaired) electrons. The summed E-state index contributed by atoms with van der Waals surface area (Å²) in [5.41, 5.74) is 1.02. The average molecular weight is 205 g/mol. The molecule has 78 valence electrons. The molecule has 0 aromatic carbocycles. The number of aryl methyl sites for hydroxylation is 2. The Hall–Kier alpha value is -1.91. The van der Waals surface area contributed by atoms with Gasteiger partial charge >= 0.3 is 0 Å². The molecule has 0 atom stereocenters. The van der Waals surface area contributed by atoms with E-state index in [0.29, 0.717) is 23.6 Å². The molecule has 0 fully saturated rings. The van der Waals surface area contributed by atoms with Gasteiger partial charge in [0.1, 0.15) is 17.7 Å². The first-order chi connectivity index (χ1) is 7.22. The first kappa shape index (κ1) is 9.64.